The van der Waals surface area contributed by atoms with Crippen LogP contribution in [0, 0.1) is 0 Å². The Kier molecular flexibility index (Phi) is 3.79. The number of carbonyl (C=O) groups excluding carboxylic acids is 1. The van der Waals surface area contributed by atoms with E-state index in [2.05, 4.69) is 30.9 Å². The van der Waals surface area contributed by atoms with Gasteiger partial charge >= 0.3 is 0 Å². The first-order valence-electron chi connectivity index (χ1n) is 5.78. The molecule has 9 heteroatoms. The largest absolute Gasteiger partial charge is 0.348 e. The van der Waals surface area contributed by atoms with E-state index in [-0.39, 0.29) is 18.9 Å². The first kappa shape index (κ1) is 12.9. The van der Waals surface area contributed by atoms with Crippen LogP contribution in [0.25, 0.3) is 9.88 Å². The van der Waals surface area contributed by atoms with E-state index < -0.39 is 0 Å². The lowest BCUT2D eigenvalue weighted by Gasteiger charge is -1.99. The fraction of sp³-hybridized carbons (Fsp3) is 0.182. The van der Waals surface area contributed by atoms with E-state index in [1.54, 1.807) is 22.7 Å². The number of H-pyrrole nitrogens is 1. The maximum atomic E-state index is 11.8. The van der Waals surface area contributed by atoms with Crippen molar-refractivity contribution in [2.24, 2.45) is 0 Å². The van der Waals surface area contributed by atoms with Crippen molar-refractivity contribution in [3.05, 3.63) is 34.4 Å². The van der Waals surface area contributed by atoms with Crippen LogP contribution in [0.4, 0.5) is 0 Å². The number of hydrogen-bond acceptors (Lipinski definition) is 7. The van der Waals surface area contributed by atoms with E-state index in [9.17, 15) is 4.79 Å². The van der Waals surface area contributed by atoms with Crippen LogP contribution in [0.1, 0.15) is 11.5 Å². The Morgan fingerprint density at radius 3 is 3.10 bits per heavy atom. The Labute approximate surface area is 122 Å². The molecule has 0 bridgehead atoms. The van der Waals surface area contributed by atoms with Crippen molar-refractivity contribution in [2.75, 3.05) is 0 Å². The lowest BCUT2D eigenvalue weighted by Crippen LogP contribution is -2.25. The molecule has 3 heterocycles. The summed E-state index contributed by atoms with van der Waals surface area (Å²) in [6.45, 7) is 0.261. The van der Waals surface area contributed by atoms with Crippen molar-refractivity contribution < 1.29 is 4.79 Å². The van der Waals surface area contributed by atoms with Crippen LogP contribution >= 0.6 is 22.7 Å². The predicted octanol–water partition coefficient (Wildman–Crippen LogP) is 1.24. The van der Waals surface area contributed by atoms with Gasteiger partial charge in [-0.15, -0.1) is 32.9 Å². The number of thiazole rings is 1. The Balaban J connectivity index is 1.56. The van der Waals surface area contributed by atoms with Crippen LogP contribution in [0.3, 0.4) is 0 Å². The molecule has 0 saturated heterocycles. The topological polar surface area (TPSA) is 96.5 Å². The molecular formula is C11H10N6OS2. The molecule has 0 aromatic carbocycles. The van der Waals surface area contributed by atoms with Gasteiger partial charge in [-0.25, -0.2) is 4.98 Å². The fourth-order valence-electron chi connectivity index (χ4n) is 1.56. The third-order valence-corrected chi connectivity index (χ3v) is 4.39. The highest BCUT2D eigenvalue weighted by Gasteiger charge is 2.10. The second-order valence-electron chi connectivity index (χ2n) is 3.90. The van der Waals surface area contributed by atoms with Gasteiger partial charge in [-0.05, 0) is 11.4 Å². The molecule has 3 aromatic heterocycles. The number of thiophene rings is 1. The lowest BCUT2D eigenvalue weighted by molar-refractivity contribution is -0.120. The molecule has 3 rings (SSSR count). The molecule has 7 nitrogen and oxygen atoms in total. The normalized spacial score (nSPS) is 10.6. The molecule has 3 aromatic rings. The van der Waals surface area contributed by atoms with Gasteiger partial charge in [0.15, 0.2) is 5.82 Å². The monoisotopic (exact) mass is 306 g/mol. The van der Waals surface area contributed by atoms with E-state index in [0.717, 1.165) is 15.6 Å². The second-order valence-corrected chi connectivity index (χ2v) is 5.71. The van der Waals surface area contributed by atoms with E-state index in [1.165, 1.54) is 0 Å². The number of carbonyl (C=O) groups is 1. The summed E-state index contributed by atoms with van der Waals surface area (Å²) < 4.78 is 0. The van der Waals surface area contributed by atoms with E-state index in [4.69, 9.17) is 0 Å². The molecule has 0 unspecified atom stereocenters. The highest BCUT2D eigenvalue weighted by atomic mass is 32.1. The van der Waals surface area contributed by atoms with Gasteiger partial charge in [0.1, 0.15) is 5.01 Å². The third-order valence-electron chi connectivity index (χ3n) is 2.46. The van der Waals surface area contributed by atoms with Gasteiger partial charge in [0.2, 0.25) is 5.91 Å². The molecular weight excluding hydrogens is 296 g/mol. The van der Waals surface area contributed by atoms with Crippen molar-refractivity contribution in [3.8, 4) is 9.88 Å². The summed E-state index contributed by atoms with van der Waals surface area (Å²) in [5.74, 6) is 0.341. The van der Waals surface area contributed by atoms with Gasteiger partial charge in [0.25, 0.3) is 0 Å². The lowest BCUT2D eigenvalue weighted by atomic mass is 10.3. The molecule has 20 heavy (non-hydrogen) atoms. The van der Waals surface area contributed by atoms with Crippen LogP contribution in [0.5, 0.6) is 0 Å². The molecule has 1 amide bonds. The van der Waals surface area contributed by atoms with Crippen LogP contribution in [0.2, 0.25) is 0 Å². The molecule has 0 saturated carbocycles. The van der Waals surface area contributed by atoms with Gasteiger partial charge in [-0.1, -0.05) is 11.3 Å². The zero-order valence-corrected chi connectivity index (χ0v) is 11.9. The number of amides is 1. The maximum absolute atomic E-state index is 11.8. The van der Waals surface area contributed by atoms with Crippen LogP contribution < -0.4 is 5.32 Å². The smallest absolute Gasteiger partial charge is 0.226 e. The van der Waals surface area contributed by atoms with Crippen LogP contribution in [0.15, 0.2) is 22.9 Å². The number of aromatic nitrogens is 5. The van der Waals surface area contributed by atoms with Gasteiger partial charge in [0.05, 0.1) is 23.5 Å². The quantitative estimate of drug-likeness (QED) is 0.739. The van der Waals surface area contributed by atoms with Gasteiger partial charge in [0, 0.05) is 5.38 Å². The van der Waals surface area contributed by atoms with Crippen molar-refractivity contribution in [1.82, 2.24) is 30.9 Å². The summed E-state index contributed by atoms with van der Waals surface area (Å²) in [6, 6.07) is 4.00. The summed E-state index contributed by atoms with van der Waals surface area (Å²) in [5, 5.41) is 20.8. The SMILES string of the molecule is O=C(Cc1csc(-c2cccs2)n1)NCc1nn[nH]n1. The molecule has 0 atom stereocenters. The highest BCUT2D eigenvalue weighted by Crippen LogP contribution is 2.27. The van der Waals surface area contributed by atoms with Crippen LogP contribution in [-0.4, -0.2) is 31.5 Å². The molecule has 0 aliphatic rings. The summed E-state index contributed by atoms with van der Waals surface area (Å²) in [6.07, 6.45) is 0.250. The van der Waals surface area contributed by atoms with E-state index in [0.29, 0.717) is 5.82 Å². The molecule has 2 N–H and O–H groups in total. The van der Waals surface area contributed by atoms with Gasteiger partial charge in [-0.3, -0.25) is 4.79 Å². The zero-order valence-electron chi connectivity index (χ0n) is 10.2. The maximum Gasteiger partial charge on any atom is 0.226 e. The minimum absolute atomic E-state index is 0.113. The predicted molar refractivity (Wildman–Crippen MR) is 75.2 cm³/mol. The van der Waals surface area contributed by atoms with E-state index >= 15 is 0 Å². The first-order valence-corrected chi connectivity index (χ1v) is 7.54. The van der Waals surface area contributed by atoms with Crippen molar-refractivity contribution in [3.63, 3.8) is 0 Å². The molecule has 0 aliphatic carbocycles. The minimum atomic E-state index is -0.113. The summed E-state index contributed by atoms with van der Waals surface area (Å²) in [7, 11) is 0. The number of nitrogens with one attached hydrogen (secondary N) is 2. The number of aromatic amines is 1. The minimum Gasteiger partial charge on any atom is -0.348 e. The fourth-order valence-corrected chi connectivity index (χ4v) is 3.20. The second kappa shape index (κ2) is 5.88. The first-order chi connectivity index (χ1) is 9.81. The summed E-state index contributed by atoms with van der Waals surface area (Å²) in [5.41, 5.74) is 0.768. The Morgan fingerprint density at radius 1 is 1.40 bits per heavy atom. The summed E-state index contributed by atoms with van der Waals surface area (Å²) in [4.78, 5) is 17.3. The Morgan fingerprint density at radius 2 is 2.35 bits per heavy atom. The third kappa shape index (κ3) is 3.06. The molecule has 0 fully saturated rings. The average Bonchev–Trinajstić information content (AvgIpc) is 3.18. The Bertz CT molecular complexity index is 676. The van der Waals surface area contributed by atoms with Crippen molar-refractivity contribution in [2.45, 2.75) is 13.0 Å². The van der Waals surface area contributed by atoms with Crippen LogP contribution in [-0.2, 0) is 17.8 Å². The zero-order chi connectivity index (χ0) is 13.8. The van der Waals surface area contributed by atoms with E-state index in [1.807, 2.05) is 22.9 Å². The standard InChI is InChI=1S/C11H10N6OS2/c18-10(12-5-9-14-16-17-15-9)4-7-6-20-11(13-7)8-2-1-3-19-8/h1-3,6H,4-5H2,(H,12,18)(H,14,15,16,17). The van der Waals surface area contributed by atoms with Crippen molar-refractivity contribution in [1.29, 1.82) is 0 Å². The number of rotatable bonds is 5. The Hall–Kier alpha value is -2.13. The molecule has 0 aliphatic heterocycles. The van der Waals surface area contributed by atoms with Gasteiger partial charge in [-0.2, -0.15) is 5.21 Å². The van der Waals surface area contributed by atoms with Crippen molar-refractivity contribution >= 4 is 28.6 Å². The summed E-state index contributed by atoms with van der Waals surface area (Å²) >= 11 is 3.18. The number of nitrogens with zero attached hydrogens (tertiary/aromatic N) is 4. The number of tetrazole rings is 1. The molecule has 0 radical (unpaired) electrons. The molecule has 0 spiro atoms. The number of hydrogen-bond donors (Lipinski definition) is 2. The average molecular weight is 306 g/mol. The highest BCUT2D eigenvalue weighted by molar-refractivity contribution is 7.20. The van der Waals surface area contributed by atoms with Gasteiger partial charge < -0.3 is 5.32 Å². The molecule has 102 valence electrons.